The zero-order chi connectivity index (χ0) is 21.3. The molecule has 0 spiro atoms. The third-order valence-corrected chi connectivity index (χ3v) is 6.02. The van der Waals surface area contributed by atoms with Crippen molar-refractivity contribution in [2.24, 2.45) is 5.92 Å². The maximum atomic E-state index is 12.7. The highest BCUT2D eigenvalue weighted by molar-refractivity contribution is 9.10. The van der Waals surface area contributed by atoms with Crippen LogP contribution >= 0.6 is 23.5 Å². The largest absolute Gasteiger partial charge is 0.347 e. The van der Waals surface area contributed by atoms with E-state index in [-0.39, 0.29) is 25.2 Å². The van der Waals surface area contributed by atoms with Crippen LogP contribution < -0.4 is 5.32 Å². The van der Waals surface area contributed by atoms with Gasteiger partial charge in [-0.25, -0.2) is 0 Å². The number of rotatable bonds is 11. The summed E-state index contributed by atoms with van der Waals surface area (Å²) >= 11 is 3.36. The second kappa shape index (κ2) is 11.4. The Morgan fingerprint density at radius 3 is 2.38 bits per heavy atom. The predicted octanol–water partition coefficient (Wildman–Crippen LogP) is 4.11. The zero-order valence-corrected chi connectivity index (χ0v) is 18.7. The minimum absolute atomic E-state index is 0.0428. The molecule has 0 aliphatic heterocycles. The third kappa shape index (κ3) is 8.62. The molecule has 0 saturated carbocycles. The first-order valence-electron chi connectivity index (χ1n) is 9.33. The maximum Gasteiger partial charge on any atom is 0.347 e. The van der Waals surface area contributed by atoms with Gasteiger partial charge in [-0.1, -0.05) is 58.4 Å². The van der Waals surface area contributed by atoms with E-state index < -0.39 is 25.7 Å². The molecule has 0 aromatic heterocycles. The lowest BCUT2D eigenvalue weighted by atomic mass is 9.91. The highest BCUT2D eigenvalue weighted by Crippen LogP contribution is 2.40. The van der Waals surface area contributed by atoms with Crippen molar-refractivity contribution in [3.8, 4) is 0 Å². The van der Waals surface area contributed by atoms with Crippen molar-refractivity contribution in [2.45, 2.75) is 26.2 Å². The van der Waals surface area contributed by atoms with Gasteiger partial charge in [0, 0.05) is 23.2 Å². The summed E-state index contributed by atoms with van der Waals surface area (Å²) in [6.45, 7) is 1.67. The summed E-state index contributed by atoms with van der Waals surface area (Å²) < 4.78 is 17.5. The number of benzene rings is 2. The molecule has 6 nitrogen and oxygen atoms in total. The molecule has 1 amide bonds. The van der Waals surface area contributed by atoms with E-state index >= 15 is 0 Å². The monoisotopic (exact) mass is 481 g/mol. The Hall–Kier alpha value is -1.79. The van der Waals surface area contributed by atoms with Crippen LogP contribution in [-0.2, 0) is 31.5 Å². The lowest BCUT2D eigenvalue weighted by Crippen LogP contribution is -2.34. The lowest BCUT2D eigenvalue weighted by molar-refractivity contribution is -0.129. The first-order valence-corrected chi connectivity index (χ1v) is 11.9. The molecule has 0 heterocycles. The van der Waals surface area contributed by atoms with Crippen LogP contribution in [0.1, 0.15) is 24.5 Å². The van der Waals surface area contributed by atoms with Crippen LogP contribution in [0.3, 0.4) is 0 Å². The van der Waals surface area contributed by atoms with E-state index in [0.717, 1.165) is 15.6 Å². The van der Waals surface area contributed by atoms with Crippen LogP contribution in [0.25, 0.3) is 0 Å². The predicted molar refractivity (Wildman–Crippen MR) is 116 cm³/mol. The van der Waals surface area contributed by atoms with Gasteiger partial charge in [-0.15, -0.1) is 0 Å². The number of amides is 1. The summed E-state index contributed by atoms with van der Waals surface area (Å²) in [5.41, 5.74) is 1.79. The highest BCUT2D eigenvalue weighted by atomic mass is 79.9. The number of carbonyl (C=O) groups is 2. The summed E-state index contributed by atoms with van der Waals surface area (Å²) in [5, 5.41) is 2.47. The number of nitrogens with one attached hydrogen (secondary N) is 1. The van der Waals surface area contributed by atoms with Crippen LogP contribution in [0.15, 0.2) is 59.1 Å². The topological polar surface area (TPSA) is 92.7 Å². The van der Waals surface area contributed by atoms with E-state index in [1.807, 2.05) is 54.6 Å². The average Bonchev–Trinajstić information content (AvgIpc) is 2.68. The number of ketones is 1. The zero-order valence-electron chi connectivity index (χ0n) is 16.2. The first kappa shape index (κ1) is 23.5. The van der Waals surface area contributed by atoms with Crippen LogP contribution in [-0.4, -0.2) is 29.5 Å². The number of halogens is 1. The van der Waals surface area contributed by atoms with Crippen LogP contribution in [0.5, 0.6) is 0 Å². The Morgan fingerprint density at radius 1 is 1.10 bits per heavy atom. The second-order valence-corrected chi connectivity index (χ2v) is 9.45. The molecule has 0 aliphatic carbocycles. The van der Waals surface area contributed by atoms with E-state index in [2.05, 4.69) is 21.2 Å². The number of hydrogen-bond acceptors (Lipinski definition) is 4. The quantitative estimate of drug-likeness (QED) is 0.471. The Balaban J connectivity index is 2.05. The highest BCUT2D eigenvalue weighted by Gasteiger charge is 2.26. The van der Waals surface area contributed by atoms with Gasteiger partial charge in [-0.05, 0) is 36.6 Å². The minimum atomic E-state index is -3.88. The molecule has 0 radical (unpaired) electrons. The fourth-order valence-electron chi connectivity index (χ4n) is 2.90. The Labute approximate surface area is 179 Å². The fraction of sp³-hybridized carbons (Fsp3) is 0.333. The Bertz CT molecular complexity index is 857. The van der Waals surface area contributed by atoms with Gasteiger partial charge in [0.1, 0.15) is 12.1 Å². The van der Waals surface area contributed by atoms with Crippen LogP contribution in [0.4, 0.5) is 0 Å². The summed E-state index contributed by atoms with van der Waals surface area (Å²) in [5.74, 6) is -1.14. The van der Waals surface area contributed by atoms with Crippen molar-refractivity contribution < 1.29 is 23.6 Å². The van der Waals surface area contributed by atoms with Crippen molar-refractivity contribution >= 4 is 35.2 Å². The van der Waals surface area contributed by atoms with Gasteiger partial charge < -0.3 is 14.7 Å². The van der Waals surface area contributed by atoms with Crippen molar-refractivity contribution in [1.82, 2.24) is 5.32 Å². The Morgan fingerprint density at radius 2 is 1.76 bits per heavy atom. The normalized spacial score (nSPS) is 14.0. The number of Topliss-reactive ketones (excluding diaryl/α,β-unsaturated/α-hetero) is 1. The van der Waals surface area contributed by atoms with Gasteiger partial charge >= 0.3 is 7.60 Å². The molecule has 2 atom stereocenters. The van der Waals surface area contributed by atoms with Crippen molar-refractivity contribution in [2.75, 3.05) is 12.9 Å². The molecule has 0 bridgehead atoms. The minimum Gasteiger partial charge on any atom is -0.344 e. The molecule has 2 rings (SSSR count). The molecule has 2 aromatic rings. The van der Waals surface area contributed by atoms with E-state index in [1.165, 1.54) is 0 Å². The van der Waals surface area contributed by atoms with Crippen molar-refractivity contribution in [3.63, 3.8) is 0 Å². The summed E-state index contributed by atoms with van der Waals surface area (Å²) in [6, 6.07) is 16.8. The number of carbonyl (C=O) groups excluding carboxylic acids is 2. The number of hydrogen-bond donors (Lipinski definition) is 2. The standard InChI is InChI=1S/C21H25BrNO5P/c1-2-28-29(26,27)15-23-21(25)18(12-16-6-4-3-5-7-16)14-20(24)13-17-8-10-19(22)11-9-17/h3-11,18H,2,12-15H2,1H3,(H,23,25)(H,26,27)/t18-/m1/s1. The molecule has 2 N–H and O–H groups in total. The SMILES string of the molecule is CCOP(=O)(O)CNC(=O)[C@@H](CC(=O)Cc1ccc(Br)cc1)Cc1ccccc1. The van der Waals surface area contributed by atoms with Gasteiger partial charge in [-0.3, -0.25) is 14.2 Å². The third-order valence-electron chi connectivity index (χ3n) is 4.27. The first-order chi connectivity index (χ1) is 13.8. The molecule has 0 fully saturated rings. The Kier molecular flexibility index (Phi) is 9.24. The molecule has 29 heavy (non-hydrogen) atoms. The van der Waals surface area contributed by atoms with E-state index in [1.54, 1.807) is 6.92 Å². The molecule has 0 saturated heterocycles. The second-order valence-electron chi connectivity index (χ2n) is 6.69. The smallest absolute Gasteiger partial charge is 0.344 e. The van der Waals surface area contributed by atoms with Gasteiger partial charge in [0.05, 0.1) is 6.61 Å². The van der Waals surface area contributed by atoms with Crippen molar-refractivity contribution in [1.29, 1.82) is 0 Å². The van der Waals surface area contributed by atoms with Gasteiger partial charge in [0.15, 0.2) is 0 Å². The average molecular weight is 482 g/mol. The van der Waals surface area contributed by atoms with E-state index in [4.69, 9.17) is 4.52 Å². The summed E-state index contributed by atoms with van der Waals surface area (Å²) in [7, 11) is -3.88. The van der Waals surface area contributed by atoms with Crippen LogP contribution in [0, 0.1) is 5.92 Å². The molecule has 8 heteroatoms. The van der Waals surface area contributed by atoms with Crippen molar-refractivity contribution in [3.05, 3.63) is 70.2 Å². The van der Waals surface area contributed by atoms with Gasteiger partial charge in [0.25, 0.3) is 0 Å². The lowest BCUT2D eigenvalue weighted by Gasteiger charge is -2.18. The summed E-state index contributed by atoms with van der Waals surface area (Å²) in [4.78, 5) is 34.9. The molecule has 1 unspecified atom stereocenters. The van der Waals surface area contributed by atoms with E-state index in [9.17, 15) is 19.0 Å². The molecular weight excluding hydrogens is 457 g/mol. The molecule has 2 aromatic carbocycles. The molecule has 156 valence electrons. The summed E-state index contributed by atoms with van der Waals surface area (Å²) in [6.07, 6.45) is 0.152. The molecule has 0 aliphatic rings. The van der Waals surface area contributed by atoms with Gasteiger partial charge in [0.2, 0.25) is 5.91 Å². The van der Waals surface area contributed by atoms with Crippen LogP contribution in [0.2, 0.25) is 0 Å². The van der Waals surface area contributed by atoms with E-state index in [0.29, 0.717) is 6.42 Å². The molecular formula is C21H25BrNO5P. The fourth-order valence-corrected chi connectivity index (χ4v) is 4.02. The maximum absolute atomic E-state index is 12.7. The van der Waals surface area contributed by atoms with Gasteiger partial charge in [-0.2, -0.15) is 0 Å².